The highest BCUT2D eigenvalue weighted by Gasteiger charge is 2.31. The SMILES string of the molecule is Cc1cc(F)ccc1CNc1ccc2c(c1)OC(C)(C)O2. The van der Waals surface area contributed by atoms with Crippen molar-refractivity contribution in [2.24, 2.45) is 0 Å². The topological polar surface area (TPSA) is 30.5 Å². The molecule has 0 aliphatic carbocycles. The second-order valence-electron chi connectivity index (χ2n) is 5.69. The quantitative estimate of drug-likeness (QED) is 0.915. The minimum absolute atomic E-state index is 0.207. The van der Waals surface area contributed by atoms with Crippen LogP contribution < -0.4 is 14.8 Å². The van der Waals surface area contributed by atoms with E-state index in [1.165, 1.54) is 6.07 Å². The summed E-state index contributed by atoms with van der Waals surface area (Å²) < 4.78 is 24.5. The van der Waals surface area contributed by atoms with Gasteiger partial charge in [0.15, 0.2) is 11.5 Å². The van der Waals surface area contributed by atoms with Crippen LogP contribution in [-0.4, -0.2) is 5.79 Å². The van der Waals surface area contributed by atoms with E-state index in [2.05, 4.69) is 5.32 Å². The number of halogens is 1. The van der Waals surface area contributed by atoms with Crippen molar-refractivity contribution in [1.29, 1.82) is 0 Å². The van der Waals surface area contributed by atoms with Gasteiger partial charge in [-0.2, -0.15) is 0 Å². The molecule has 1 heterocycles. The first-order chi connectivity index (χ1) is 9.93. The van der Waals surface area contributed by atoms with Crippen molar-refractivity contribution in [3.8, 4) is 11.5 Å². The van der Waals surface area contributed by atoms with E-state index in [9.17, 15) is 4.39 Å². The molecule has 0 spiro atoms. The molecule has 1 N–H and O–H groups in total. The molecular weight excluding hydrogens is 269 g/mol. The van der Waals surface area contributed by atoms with Crippen LogP contribution in [0, 0.1) is 12.7 Å². The largest absolute Gasteiger partial charge is 0.449 e. The first-order valence-corrected chi connectivity index (χ1v) is 6.94. The molecule has 21 heavy (non-hydrogen) atoms. The average Bonchev–Trinajstić information content (AvgIpc) is 2.70. The summed E-state index contributed by atoms with van der Waals surface area (Å²) in [5.74, 6) is 0.667. The summed E-state index contributed by atoms with van der Waals surface area (Å²) in [6.07, 6.45) is 0. The van der Waals surface area contributed by atoms with Crippen LogP contribution in [0.2, 0.25) is 0 Å². The Morgan fingerprint density at radius 2 is 1.81 bits per heavy atom. The van der Waals surface area contributed by atoms with Gasteiger partial charge < -0.3 is 14.8 Å². The van der Waals surface area contributed by atoms with E-state index in [4.69, 9.17) is 9.47 Å². The van der Waals surface area contributed by atoms with Gasteiger partial charge in [0.1, 0.15) is 5.82 Å². The van der Waals surface area contributed by atoms with Crippen LogP contribution in [0.1, 0.15) is 25.0 Å². The molecule has 4 heteroatoms. The smallest absolute Gasteiger partial charge is 0.246 e. The van der Waals surface area contributed by atoms with E-state index in [0.29, 0.717) is 6.54 Å². The maximum atomic E-state index is 13.1. The van der Waals surface area contributed by atoms with Crippen molar-refractivity contribution >= 4 is 5.69 Å². The third-order valence-electron chi connectivity index (χ3n) is 3.44. The van der Waals surface area contributed by atoms with Gasteiger partial charge in [-0.3, -0.25) is 0 Å². The van der Waals surface area contributed by atoms with Gasteiger partial charge >= 0.3 is 0 Å². The van der Waals surface area contributed by atoms with Gasteiger partial charge in [0.25, 0.3) is 0 Å². The molecular formula is C17H18FNO2. The fourth-order valence-corrected chi connectivity index (χ4v) is 2.39. The minimum Gasteiger partial charge on any atom is -0.449 e. The van der Waals surface area contributed by atoms with E-state index in [1.54, 1.807) is 12.1 Å². The zero-order chi connectivity index (χ0) is 15.0. The second-order valence-corrected chi connectivity index (χ2v) is 5.69. The number of aryl methyl sites for hydroxylation is 1. The summed E-state index contributed by atoms with van der Waals surface area (Å²) in [4.78, 5) is 0. The molecule has 1 aliphatic rings. The molecule has 2 aromatic carbocycles. The molecule has 0 aromatic heterocycles. The van der Waals surface area contributed by atoms with E-state index >= 15 is 0 Å². The van der Waals surface area contributed by atoms with Gasteiger partial charge in [-0.05, 0) is 42.3 Å². The molecule has 3 nitrogen and oxygen atoms in total. The van der Waals surface area contributed by atoms with E-state index in [-0.39, 0.29) is 5.82 Å². The lowest BCUT2D eigenvalue weighted by molar-refractivity contribution is -0.0431. The second kappa shape index (κ2) is 4.95. The lowest BCUT2D eigenvalue weighted by Gasteiger charge is -2.16. The standard InChI is InChI=1S/C17H18FNO2/c1-11-8-13(18)5-4-12(11)10-19-14-6-7-15-16(9-14)21-17(2,3)20-15/h4-9,19H,10H2,1-3H3. The van der Waals surface area contributed by atoms with Crippen molar-refractivity contribution in [2.75, 3.05) is 5.32 Å². The molecule has 1 aliphatic heterocycles. The van der Waals surface area contributed by atoms with Gasteiger partial charge in [-0.15, -0.1) is 0 Å². The highest BCUT2D eigenvalue weighted by atomic mass is 19.1. The van der Waals surface area contributed by atoms with Gasteiger partial charge in [0.2, 0.25) is 5.79 Å². The Hall–Kier alpha value is -2.23. The maximum absolute atomic E-state index is 13.1. The van der Waals surface area contributed by atoms with Crippen molar-refractivity contribution in [3.05, 3.63) is 53.3 Å². The van der Waals surface area contributed by atoms with Gasteiger partial charge in [-0.1, -0.05) is 6.07 Å². The van der Waals surface area contributed by atoms with E-state index in [0.717, 1.165) is 28.3 Å². The van der Waals surface area contributed by atoms with Crippen molar-refractivity contribution in [1.82, 2.24) is 0 Å². The van der Waals surface area contributed by atoms with E-state index in [1.807, 2.05) is 39.0 Å². The molecule has 0 unspecified atom stereocenters. The molecule has 0 saturated carbocycles. The Labute approximate surface area is 123 Å². The Morgan fingerprint density at radius 3 is 2.57 bits per heavy atom. The number of nitrogens with one attached hydrogen (secondary N) is 1. The molecule has 0 atom stereocenters. The average molecular weight is 287 g/mol. The summed E-state index contributed by atoms with van der Waals surface area (Å²) in [6, 6.07) is 10.6. The van der Waals surface area contributed by atoms with Crippen LogP contribution in [0.25, 0.3) is 0 Å². The number of ether oxygens (including phenoxy) is 2. The zero-order valence-corrected chi connectivity index (χ0v) is 12.4. The predicted octanol–water partition coefficient (Wildman–Crippen LogP) is 4.25. The monoisotopic (exact) mass is 287 g/mol. The molecule has 0 bridgehead atoms. The Kier molecular flexibility index (Phi) is 3.24. The third-order valence-corrected chi connectivity index (χ3v) is 3.44. The summed E-state index contributed by atoms with van der Waals surface area (Å²) in [5.41, 5.74) is 2.94. The first kappa shape index (κ1) is 13.7. The van der Waals surface area contributed by atoms with Crippen LogP contribution in [-0.2, 0) is 6.54 Å². The van der Waals surface area contributed by atoms with Crippen molar-refractivity contribution < 1.29 is 13.9 Å². The Morgan fingerprint density at radius 1 is 1.05 bits per heavy atom. The fraction of sp³-hybridized carbons (Fsp3) is 0.294. The van der Waals surface area contributed by atoms with Crippen LogP contribution in [0.15, 0.2) is 36.4 Å². The number of rotatable bonds is 3. The Bertz CT molecular complexity index is 682. The van der Waals surface area contributed by atoms with Gasteiger partial charge in [-0.25, -0.2) is 4.39 Å². The highest BCUT2D eigenvalue weighted by molar-refractivity contribution is 5.56. The third kappa shape index (κ3) is 2.94. The first-order valence-electron chi connectivity index (χ1n) is 6.94. The number of benzene rings is 2. The van der Waals surface area contributed by atoms with Crippen LogP contribution in [0.4, 0.5) is 10.1 Å². The number of hydrogen-bond acceptors (Lipinski definition) is 3. The zero-order valence-electron chi connectivity index (χ0n) is 12.4. The summed E-state index contributed by atoms with van der Waals surface area (Å²) in [7, 11) is 0. The van der Waals surface area contributed by atoms with Gasteiger partial charge in [0.05, 0.1) is 0 Å². The lowest BCUT2D eigenvalue weighted by atomic mass is 10.1. The number of anilines is 1. The van der Waals surface area contributed by atoms with Crippen LogP contribution in [0.5, 0.6) is 11.5 Å². The normalized spacial score (nSPS) is 15.0. The fourth-order valence-electron chi connectivity index (χ4n) is 2.39. The molecule has 2 aromatic rings. The summed E-state index contributed by atoms with van der Waals surface area (Å²) >= 11 is 0. The summed E-state index contributed by atoms with van der Waals surface area (Å²) in [6.45, 7) is 6.29. The number of hydrogen-bond donors (Lipinski definition) is 1. The molecule has 3 rings (SSSR count). The maximum Gasteiger partial charge on any atom is 0.246 e. The molecule has 0 radical (unpaired) electrons. The highest BCUT2D eigenvalue weighted by Crippen LogP contribution is 2.40. The van der Waals surface area contributed by atoms with Crippen molar-refractivity contribution in [3.63, 3.8) is 0 Å². The molecule has 0 amide bonds. The van der Waals surface area contributed by atoms with Gasteiger partial charge in [0, 0.05) is 32.1 Å². The van der Waals surface area contributed by atoms with E-state index < -0.39 is 5.79 Å². The van der Waals surface area contributed by atoms with Crippen LogP contribution in [0.3, 0.4) is 0 Å². The minimum atomic E-state index is -0.617. The lowest BCUT2D eigenvalue weighted by Crippen LogP contribution is -2.29. The predicted molar refractivity (Wildman–Crippen MR) is 80.2 cm³/mol. The van der Waals surface area contributed by atoms with Crippen molar-refractivity contribution in [2.45, 2.75) is 33.1 Å². The van der Waals surface area contributed by atoms with Crippen LogP contribution >= 0.6 is 0 Å². The Balaban J connectivity index is 1.72. The molecule has 110 valence electrons. The summed E-state index contributed by atoms with van der Waals surface area (Å²) in [5, 5.41) is 3.32. The molecule has 0 fully saturated rings. The number of fused-ring (bicyclic) bond motifs is 1. The molecule has 0 saturated heterocycles.